The molecule has 2 aromatic rings. The molecule has 0 fully saturated rings. The number of rotatable bonds is 5. The standard InChI is InChI=1S/C20H16Cl2N4O2/c1-2-5-17(20(27)28)25-26-18-11-23-19(13-6-3-4-7-15(13)22)14-10-12(21)8-9-16(14)24-18/h2-4,6-10H,1,5,11H2,(H,24,26)(H,27,28). The molecule has 142 valence electrons. The van der Waals surface area contributed by atoms with Crippen molar-refractivity contribution in [2.75, 3.05) is 6.54 Å². The SMILES string of the molecule is C=CCC(=NNC1=Nc2ccc(Cl)cc2C(c2ccccc2Cl)=NC1)C(=O)O. The van der Waals surface area contributed by atoms with Crippen LogP contribution in [0.3, 0.4) is 0 Å². The highest BCUT2D eigenvalue weighted by molar-refractivity contribution is 6.37. The minimum atomic E-state index is -1.13. The summed E-state index contributed by atoms with van der Waals surface area (Å²) in [5.41, 5.74) is 5.39. The van der Waals surface area contributed by atoms with Gasteiger partial charge >= 0.3 is 5.97 Å². The molecule has 0 saturated carbocycles. The minimum absolute atomic E-state index is 0.0754. The highest BCUT2D eigenvalue weighted by Crippen LogP contribution is 2.30. The Morgan fingerprint density at radius 3 is 2.75 bits per heavy atom. The Bertz CT molecular complexity index is 1030. The fourth-order valence-corrected chi connectivity index (χ4v) is 3.01. The normalized spacial score (nSPS) is 13.7. The third-order valence-corrected chi connectivity index (χ3v) is 4.45. The van der Waals surface area contributed by atoms with Gasteiger partial charge in [-0.3, -0.25) is 10.4 Å². The molecule has 0 spiro atoms. The summed E-state index contributed by atoms with van der Waals surface area (Å²) in [6.07, 6.45) is 1.59. The van der Waals surface area contributed by atoms with Gasteiger partial charge in [-0.25, -0.2) is 9.79 Å². The first-order valence-electron chi connectivity index (χ1n) is 8.33. The molecule has 1 aliphatic rings. The molecule has 0 radical (unpaired) electrons. The second kappa shape index (κ2) is 8.82. The smallest absolute Gasteiger partial charge is 0.352 e. The van der Waals surface area contributed by atoms with Gasteiger partial charge in [-0.05, 0) is 24.3 Å². The largest absolute Gasteiger partial charge is 0.477 e. The van der Waals surface area contributed by atoms with Gasteiger partial charge in [0, 0.05) is 27.6 Å². The maximum atomic E-state index is 11.2. The minimum Gasteiger partial charge on any atom is -0.477 e. The summed E-state index contributed by atoms with van der Waals surface area (Å²) in [5.74, 6) is -0.734. The van der Waals surface area contributed by atoms with Crippen LogP contribution in [0.5, 0.6) is 0 Å². The molecular formula is C20H16Cl2N4O2. The lowest BCUT2D eigenvalue weighted by molar-refractivity contribution is -0.129. The number of carboxylic acid groups (broad SMARTS) is 1. The van der Waals surface area contributed by atoms with Crippen LogP contribution >= 0.6 is 23.2 Å². The fourth-order valence-electron chi connectivity index (χ4n) is 2.61. The van der Waals surface area contributed by atoms with Crippen LogP contribution in [0, 0.1) is 0 Å². The molecule has 1 heterocycles. The molecule has 0 saturated heterocycles. The van der Waals surface area contributed by atoms with Gasteiger partial charge in [0.05, 0.1) is 17.9 Å². The van der Waals surface area contributed by atoms with E-state index in [-0.39, 0.29) is 18.7 Å². The van der Waals surface area contributed by atoms with E-state index in [2.05, 4.69) is 27.1 Å². The van der Waals surface area contributed by atoms with Crippen LogP contribution in [0.2, 0.25) is 10.0 Å². The molecule has 0 atom stereocenters. The predicted octanol–water partition coefficient (Wildman–Crippen LogP) is 4.48. The average Bonchev–Trinajstić information content (AvgIpc) is 2.84. The summed E-state index contributed by atoms with van der Waals surface area (Å²) in [5, 5.41) is 14.2. The Balaban J connectivity index is 2.03. The zero-order chi connectivity index (χ0) is 20.1. The Morgan fingerprint density at radius 2 is 2.04 bits per heavy atom. The molecule has 0 unspecified atom stereocenters. The van der Waals surface area contributed by atoms with Gasteiger partial charge in [0.1, 0.15) is 11.5 Å². The molecule has 2 N–H and O–H groups in total. The first-order chi connectivity index (χ1) is 13.5. The molecule has 3 rings (SSSR count). The van der Waals surface area contributed by atoms with E-state index in [9.17, 15) is 9.90 Å². The molecular weight excluding hydrogens is 399 g/mol. The molecule has 0 aromatic heterocycles. The van der Waals surface area contributed by atoms with Crippen molar-refractivity contribution in [3.63, 3.8) is 0 Å². The van der Waals surface area contributed by atoms with Crippen LogP contribution < -0.4 is 5.43 Å². The van der Waals surface area contributed by atoms with E-state index in [1.165, 1.54) is 6.08 Å². The number of benzene rings is 2. The highest BCUT2D eigenvalue weighted by atomic mass is 35.5. The quantitative estimate of drug-likeness (QED) is 0.429. The predicted molar refractivity (Wildman–Crippen MR) is 114 cm³/mol. The van der Waals surface area contributed by atoms with Crippen molar-refractivity contribution in [2.24, 2.45) is 15.1 Å². The summed E-state index contributed by atoms with van der Waals surface area (Å²) in [6, 6.07) is 12.6. The van der Waals surface area contributed by atoms with Gasteiger partial charge < -0.3 is 5.11 Å². The van der Waals surface area contributed by atoms with Crippen molar-refractivity contribution in [3.8, 4) is 0 Å². The van der Waals surface area contributed by atoms with Crippen LogP contribution in [-0.4, -0.2) is 34.9 Å². The lowest BCUT2D eigenvalue weighted by Crippen LogP contribution is -2.25. The number of aliphatic carboxylic acids is 1. The van der Waals surface area contributed by atoms with E-state index in [1.807, 2.05) is 18.2 Å². The average molecular weight is 415 g/mol. The number of amidine groups is 1. The Hall–Kier alpha value is -2.96. The third-order valence-electron chi connectivity index (χ3n) is 3.89. The van der Waals surface area contributed by atoms with Crippen LogP contribution in [0.15, 0.2) is 70.2 Å². The molecule has 6 nitrogen and oxygen atoms in total. The highest BCUT2D eigenvalue weighted by Gasteiger charge is 2.19. The van der Waals surface area contributed by atoms with Crippen molar-refractivity contribution in [2.45, 2.75) is 6.42 Å². The molecule has 2 aromatic carbocycles. The van der Waals surface area contributed by atoms with Crippen LogP contribution in [0.1, 0.15) is 17.5 Å². The molecule has 28 heavy (non-hydrogen) atoms. The topological polar surface area (TPSA) is 86.4 Å². The van der Waals surface area contributed by atoms with Crippen molar-refractivity contribution in [3.05, 3.63) is 76.3 Å². The maximum Gasteiger partial charge on any atom is 0.352 e. The van der Waals surface area contributed by atoms with Gasteiger partial charge in [-0.15, -0.1) is 6.58 Å². The number of nitrogens with one attached hydrogen (secondary N) is 1. The van der Waals surface area contributed by atoms with Crippen molar-refractivity contribution in [1.82, 2.24) is 5.43 Å². The van der Waals surface area contributed by atoms with Crippen LogP contribution in [0.4, 0.5) is 5.69 Å². The van der Waals surface area contributed by atoms with Gasteiger partial charge in [0.25, 0.3) is 0 Å². The van der Waals surface area contributed by atoms with Gasteiger partial charge in [-0.2, -0.15) is 5.10 Å². The number of halogens is 2. The lowest BCUT2D eigenvalue weighted by atomic mass is 10.0. The van der Waals surface area contributed by atoms with E-state index >= 15 is 0 Å². The molecule has 0 amide bonds. The van der Waals surface area contributed by atoms with Crippen molar-refractivity contribution >= 4 is 52.1 Å². The fraction of sp³-hybridized carbons (Fsp3) is 0.100. The number of hydrazone groups is 1. The molecule has 8 heteroatoms. The second-order valence-electron chi connectivity index (χ2n) is 5.83. The Morgan fingerprint density at radius 1 is 1.25 bits per heavy atom. The number of allylic oxidation sites excluding steroid dienone is 1. The number of nitrogens with zero attached hydrogens (tertiary/aromatic N) is 3. The molecule has 1 aliphatic heterocycles. The monoisotopic (exact) mass is 414 g/mol. The number of hydrogen-bond donors (Lipinski definition) is 2. The first kappa shape index (κ1) is 19.8. The zero-order valence-electron chi connectivity index (χ0n) is 14.7. The first-order valence-corrected chi connectivity index (χ1v) is 9.08. The van der Waals surface area contributed by atoms with Gasteiger partial charge in [-0.1, -0.05) is 47.5 Å². The van der Waals surface area contributed by atoms with Crippen molar-refractivity contribution in [1.29, 1.82) is 0 Å². The number of aliphatic imine (C=N–C) groups is 2. The Kier molecular flexibility index (Phi) is 6.23. The molecule has 0 aliphatic carbocycles. The van der Waals surface area contributed by atoms with Crippen LogP contribution in [0.25, 0.3) is 0 Å². The van der Waals surface area contributed by atoms with E-state index < -0.39 is 5.97 Å². The number of fused-ring (bicyclic) bond motifs is 1. The van der Waals surface area contributed by atoms with E-state index in [1.54, 1.807) is 24.3 Å². The second-order valence-corrected chi connectivity index (χ2v) is 6.68. The van der Waals surface area contributed by atoms with Crippen molar-refractivity contribution < 1.29 is 9.90 Å². The zero-order valence-corrected chi connectivity index (χ0v) is 16.2. The van der Waals surface area contributed by atoms with E-state index in [0.29, 0.717) is 27.3 Å². The third kappa shape index (κ3) is 4.47. The van der Waals surface area contributed by atoms with Crippen LogP contribution in [-0.2, 0) is 4.79 Å². The summed E-state index contributed by atoms with van der Waals surface area (Å²) >= 11 is 12.5. The van der Waals surface area contributed by atoms with E-state index in [4.69, 9.17) is 23.2 Å². The van der Waals surface area contributed by atoms with E-state index in [0.717, 1.165) is 11.1 Å². The van der Waals surface area contributed by atoms with Gasteiger partial charge in [0.2, 0.25) is 0 Å². The summed E-state index contributed by atoms with van der Waals surface area (Å²) < 4.78 is 0. The molecule has 0 bridgehead atoms. The summed E-state index contributed by atoms with van der Waals surface area (Å²) in [7, 11) is 0. The van der Waals surface area contributed by atoms with Gasteiger partial charge in [0.15, 0.2) is 0 Å². The maximum absolute atomic E-state index is 11.2. The lowest BCUT2D eigenvalue weighted by Gasteiger charge is -2.10. The summed E-state index contributed by atoms with van der Waals surface area (Å²) in [6.45, 7) is 3.70. The summed E-state index contributed by atoms with van der Waals surface area (Å²) in [4.78, 5) is 20.4. The number of hydrogen-bond acceptors (Lipinski definition) is 5. The number of carboxylic acids is 1. The Labute approximate surface area is 171 Å². The number of carbonyl (C=O) groups is 1.